The van der Waals surface area contributed by atoms with Crippen molar-refractivity contribution in [3.8, 4) is 0 Å². The van der Waals surface area contributed by atoms with Gasteiger partial charge >= 0.3 is 0 Å². The lowest BCUT2D eigenvalue weighted by Gasteiger charge is -2.08. The summed E-state index contributed by atoms with van der Waals surface area (Å²) in [5.41, 5.74) is 1.70. The highest BCUT2D eigenvalue weighted by Crippen LogP contribution is 2.41. The minimum Gasteiger partial charge on any atom is -0.0881 e. The van der Waals surface area contributed by atoms with Crippen molar-refractivity contribution in [1.82, 2.24) is 0 Å². The van der Waals surface area contributed by atoms with Gasteiger partial charge in [-0.05, 0) is 32.1 Å². The van der Waals surface area contributed by atoms with Crippen molar-refractivity contribution < 1.29 is 0 Å². The second-order valence-electron chi connectivity index (χ2n) is 3.32. The van der Waals surface area contributed by atoms with Gasteiger partial charge in [-0.25, -0.2) is 0 Å². The quantitative estimate of drug-likeness (QED) is 0.484. The molecule has 0 radical (unpaired) electrons. The molecule has 0 saturated heterocycles. The van der Waals surface area contributed by atoms with Crippen molar-refractivity contribution >= 4 is 0 Å². The van der Waals surface area contributed by atoms with E-state index in [1.807, 2.05) is 0 Å². The second-order valence-corrected chi connectivity index (χ2v) is 3.32. The molecule has 2 rings (SSSR count). The standard InChI is InChI=1S/C10H14/c1-2-8-4-3-5-10(8)9-6-7-9/h2,6-7,9-10H,3-5H2,1H3/b8-2+. The average Bonchev–Trinajstić information content (AvgIpc) is 2.69. The first-order chi connectivity index (χ1) is 4.92. The molecule has 0 amide bonds. The molecule has 1 unspecified atom stereocenters. The Kier molecular flexibility index (Phi) is 1.40. The Morgan fingerprint density at radius 1 is 1.50 bits per heavy atom. The summed E-state index contributed by atoms with van der Waals surface area (Å²) in [5, 5.41) is 0. The Balaban J connectivity index is 2.05. The molecular formula is C10H14. The molecule has 0 heterocycles. The summed E-state index contributed by atoms with van der Waals surface area (Å²) in [5.74, 6) is 1.76. The first-order valence-corrected chi connectivity index (χ1v) is 4.25. The Morgan fingerprint density at radius 3 is 2.90 bits per heavy atom. The van der Waals surface area contributed by atoms with Crippen LogP contribution in [0.15, 0.2) is 23.8 Å². The number of rotatable bonds is 1. The zero-order valence-electron chi connectivity index (χ0n) is 6.51. The normalized spacial score (nSPS) is 35.7. The van der Waals surface area contributed by atoms with Crippen LogP contribution in [0.2, 0.25) is 0 Å². The van der Waals surface area contributed by atoms with E-state index in [0.29, 0.717) is 0 Å². The smallest absolute Gasteiger partial charge is 0.00125 e. The summed E-state index contributed by atoms with van der Waals surface area (Å²) >= 11 is 0. The maximum absolute atomic E-state index is 2.33. The highest BCUT2D eigenvalue weighted by molar-refractivity contribution is 5.25. The first-order valence-electron chi connectivity index (χ1n) is 4.25. The van der Waals surface area contributed by atoms with Crippen LogP contribution < -0.4 is 0 Å². The van der Waals surface area contributed by atoms with E-state index in [2.05, 4.69) is 25.2 Å². The zero-order chi connectivity index (χ0) is 6.97. The molecule has 0 bridgehead atoms. The monoisotopic (exact) mass is 134 g/mol. The first kappa shape index (κ1) is 6.21. The Morgan fingerprint density at radius 2 is 2.30 bits per heavy atom. The van der Waals surface area contributed by atoms with Gasteiger partial charge in [0.05, 0.1) is 0 Å². The van der Waals surface area contributed by atoms with Crippen molar-refractivity contribution in [2.45, 2.75) is 26.2 Å². The molecule has 10 heavy (non-hydrogen) atoms. The Labute approximate surface area is 62.6 Å². The van der Waals surface area contributed by atoms with Gasteiger partial charge in [0.1, 0.15) is 0 Å². The summed E-state index contributed by atoms with van der Waals surface area (Å²) < 4.78 is 0. The molecule has 0 heteroatoms. The topological polar surface area (TPSA) is 0 Å². The summed E-state index contributed by atoms with van der Waals surface area (Å²) in [6.07, 6.45) is 11.2. The summed E-state index contributed by atoms with van der Waals surface area (Å²) in [6.45, 7) is 2.18. The van der Waals surface area contributed by atoms with E-state index in [1.54, 1.807) is 5.57 Å². The maximum atomic E-state index is 2.33. The van der Waals surface area contributed by atoms with Crippen LogP contribution in [-0.2, 0) is 0 Å². The molecule has 0 aromatic carbocycles. The van der Waals surface area contributed by atoms with Gasteiger partial charge < -0.3 is 0 Å². The minimum atomic E-state index is 0.855. The van der Waals surface area contributed by atoms with E-state index >= 15 is 0 Å². The average molecular weight is 134 g/mol. The van der Waals surface area contributed by atoms with Crippen LogP contribution >= 0.6 is 0 Å². The van der Waals surface area contributed by atoms with Gasteiger partial charge in [-0.2, -0.15) is 0 Å². The minimum absolute atomic E-state index is 0.855. The third-order valence-electron chi connectivity index (χ3n) is 2.71. The largest absolute Gasteiger partial charge is 0.0881 e. The molecule has 54 valence electrons. The second kappa shape index (κ2) is 2.26. The predicted octanol–water partition coefficient (Wildman–Crippen LogP) is 2.92. The SMILES string of the molecule is C/C=C1\CCCC1C1C=C1. The van der Waals surface area contributed by atoms with Crippen molar-refractivity contribution in [2.24, 2.45) is 11.8 Å². The van der Waals surface area contributed by atoms with Gasteiger partial charge in [0.15, 0.2) is 0 Å². The third-order valence-corrected chi connectivity index (χ3v) is 2.71. The number of hydrogen-bond acceptors (Lipinski definition) is 0. The molecule has 1 saturated carbocycles. The van der Waals surface area contributed by atoms with Gasteiger partial charge in [-0.1, -0.05) is 23.8 Å². The molecule has 1 atom stereocenters. The molecule has 0 spiro atoms. The van der Waals surface area contributed by atoms with Crippen molar-refractivity contribution in [1.29, 1.82) is 0 Å². The van der Waals surface area contributed by atoms with Gasteiger partial charge in [-0.3, -0.25) is 0 Å². The Hall–Kier alpha value is -0.520. The van der Waals surface area contributed by atoms with Gasteiger partial charge in [0.2, 0.25) is 0 Å². The van der Waals surface area contributed by atoms with Crippen LogP contribution in [0.3, 0.4) is 0 Å². The van der Waals surface area contributed by atoms with Crippen LogP contribution in [0.1, 0.15) is 26.2 Å². The van der Waals surface area contributed by atoms with Crippen LogP contribution in [-0.4, -0.2) is 0 Å². The molecule has 2 aliphatic rings. The lowest BCUT2D eigenvalue weighted by molar-refractivity contribution is 0.583. The fraction of sp³-hybridized carbons (Fsp3) is 0.600. The fourth-order valence-corrected chi connectivity index (χ4v) is 2.03. The molecule has 0 aromatic rings. The van der Waals surface area contributed by atoms with E-state index in [1.165, 1.54) is 19.3 Å². The highest BCUT2D eigenvalue weighted by Gasteiger charge is 2.29. The van der Waals surface area contributed by atoms with Crippen LogP contribution in [0, 0.1) is 11.8 Å². The van der Waals surface area contributed by atoms with E-state index in [0.717, 1.165) is 11.8 Å². The predicted molar refractivity (Wildman–Crippen MR) is 43.7 cm³/mol. The molecule has 1 fully saturated rings. The lowest BCUT2D eigenvalue weighted by atomic mass is 9.96. The lowest BCUT2D eigenvalue weighted by Crippen LogP contribution is -1.99. The van der Waals surface area contributed by atoms with Crippen molar-refractivity contribution in [3.63, 3.8) is 0 Å². The van der Waals surface area contributed by atoms with E-state index in [-0.39, 0.29) is 0 Å². The van der Waals surface area contributed by atoms with Gasteiger partial charge in [0, 0.05) is 5.92 Å². The zero-order valence-corrected chi connectivity index (χ0v) is 6.51. The highest BCUT2D eigenvalue weighted by atomic mass is 14.3. The molecule has 2 aliphatic carbocycles. The molecular weight excluding hydrogens is 120 g/mol. The van der Waals surface area contributed by atoms with Gasteiger partial charge in [-0.15, -0.1) is 0 Å². The number of allylic oxidation sites excluding steroid dienone is 4. The van der Waals surface area contributed by atoms with Crippen molar-refractivity contribution in [3.05, 3.63) is 23.8 Å². The van der Waals surface area contributed by atoms with E-state index < -0.39 is 0 Å². The summed E-state index contributed by atoms with van der Waals surface area (Å²) in [4.78, 5) is 0. The molecule has 0 N–H and O–H groups in total. The Bertz CT molecular complexity index is 180. The van der Waals surface area contributed by atoms with Crippen LogP contribution in [0.5, 0.6) is 0 Å². The maximum Gasteiger partial charge on any atom is 0.00125 e. The van der Waals surface area contributed by atoms with Crippen LogP contribution in [0.4, 0.5) is 0 Å². The van der Waals surface area contributed by atoms with E-state index in [4.69, 9.17) is 0 Å². The van der Waals surface area contributed by atoms with E-state index in [9.17, 15) is 0 Å². The molecule has 0 nitrogen and oxygen atoms in total. The van der Waals surface area contributed by atoms with Crippen LogP contribution in [0.25, 0.3) is 0 Å². The van der Waals surface area contributed by atoms with Gasteiger partial charge in [0.25, 0.3) is 0 Å². The molecule has 0 aliphatic heterocycles. The van der Waals surface area contributed by atoms with Crippen molar-refractivity contribution in [2.75, 3.05) is 0 Å². The fourth-order valence-electron chi connectivity index (χ4n) is 2.03. The summed E-state index contributed by atoms with van der Waals surface area (Å²) in [7, 11) is 0. The molecule has 0 aromatic heterocycles. The third kappa shape index (κ3) is 0.920. The summed E-state index contributed by atoms with van der Waals surface area (Å²) in [6, 6.07) is 0. The number of hydrogen-bond donors (Lipinski definition) is 0.